The van der Waals surface area contributed by atoms with Gasteiger partial charge in [0.2, 0.25) is 0 Å². The summed E-state index contributed by atoms with van der Waals surface area (Å²) in [4.78, 5) is 0. The maximum Gasteiger partial charge on any atom is 0.104 e. The van der Waals surface area contributed by atoms with Crippen molar-refractivity contribution in [3.63, 3.8) is 0 Å². The summed E-state index contributed by atoms with van der Waals surface area (Å²) in [5.41, 5.74) is 0. The van der Waals surface area contributed by atoms with Crippen molar-refractivity contribution >= 4 is 0 Å². The zero-order valence-electron chi connectivity index (χ0n) is 7.34. The molecule has 0 spiro atoms. The lowest BCUT2D eigenvalue weighted by atomic mass is 10.2. The summed E-state index contributed by atoms with van der Waals surface area (Å²) in [5.74, 6) is 0. The van der Waals surface area contributed by atoms with E-state index in [1.807, 2.05) is 0 Å². The van der Waals surface area contributed by atoms with Gasteiger partial charge in [-0.25, -0.2) is 0 Å². The fourth-order valence-electron chi connectivity index (χ4n) is 1.01. The Balaban J connectivity index is 1.66. The molecule has 1 saturated heterocycles. The Morgan fingerprint density at radius 3 is 2.82 bits per heavy atom. The number of unbranched alkanes of at least 4 members (excludes halogenated alkanes) is 3. The molecule has 1 aliphatic rings. The molecule has 0 N–H and O–H groups in total. The highest BCUT2D eigenvalue weighted by Gasteiger charge is 2.21. The summed E-state index contributed by atoms with van der Waals surface area (Å²) in [6.45, 7) is 4.86. The molecule has 1 atom stereocenters. The lowest BCUT2D eigenvalue weighted by Gasteiger charge is -2.00. The predicted octanol–water partition coefficient (Wildman–Crippen LogP) is 1.98. The second kappa shape index (κ2) is 5.56. The molecule has 1 heterocycles. The van der Waals surface area contributed by atoms with Gasteiger partial charge in [0.05, 0.1) is 13.2 Å². The number of rotatable bonds is 7. The summed E-state index contributed by atoms with van der Waals surface area (Å²) < 4.78 is 10.4. The van der Waals surface area contributed by atoms with Crippen molar-refractivity contribution in [2.75, 3.05) is 19.8 Å². The number of epoxide rings is 1. The Labute approximate surface area is 68.9 Å². The largest absolute Gasteiger partial charge is 0.379 e. The molecule has 0 aliphatic carbocycles. The van der Waals surface area contributed by atoms with Gasteiger partial charge in [-0.2, -0.15) is 0 Å². The Hall–Kier alpha value is -0.0800. The summed E-state index contributed by atoms with van der Waals surface area (Å²) in [5, 5.41) is 0. The molecule has 0 aromatic carbocycles. The van der Waals surface area contributed by atoms with Crippen LogP contribution in [0.2, 0.25) is 0 Å². The van der Waals surface area contributed by atoms with Gasteiger partial charge >= 0.3 is 0 Å². The molecular weight excluding hydrogens is 140 g/mol. The van der Waals surface area contributed by atoms with Gasteiger partial charge in [-0.15, -0.1) is 0 Å². The van der Waals surface area contributed by atoms with E-state index in [0.717, 1.165) is 19.8 Å². The monoisotopic (exact) mass is 158 g/mol. The first-order chi connectivity index (χ1) is 5.43. The lowest BCUT2D eigenvalue weighted by Crippen LogP contribution is -2.02. The maximum atomic E-state index is 5.38. The Kier molecular flexibility index (Phi) is 4.55. The molecule has 0 unspecified atom stereocenters. The molecule has 0 radical (unpaired) electrons. The molecule has 1 aliphatic heterocycles. The van der Waals surface area contributed by atoms with E-state index in [1.165, 1.54) is 25.7 Å². The van der Waals surface area contributed by atoms with Crippen molar-refractivity contribution in [2.45, 2.75) is 38.7 Å². The highest BCUT2D eigenvalue weighted by atomic mass is 16.6. The molecule has 2 heteroatoms. The zero-order chi connectivity index (χ0) is 7.94. The number of hydrogen-bond acceptors (Lipinski definition) is 2. The van der Waals surface area contributed by atoms with E-state index < -0.39 is 0 Å². The van der Waals surface area contributed by atoms with Gasteiger partial charge in [-0.1, -0.05) is 26.2 Å². The van der Waals surface area contributed by atoms with Crippen LogP contribution in [0.5, 0.6) is 0 Å². The van der Waals surface area contributed by atoms with Crippen LogP contribution in [0, 0.1) is 0 Å². The Morgan fingerprint density at radius 1 is 1.36 bits per heavy atom. The van der Waals surface area contributed by atoms with Crippen LogP contribution in [0.15, 0.2) is 0 Å². The van der Waals surface area contributed by atoms with Crippen molar-refractivity contribution in [1.29, 1.82) is 0 Å². The minimum Gasteiger partial charge on any atom is -0.379 e. The smallest absolute Gasteiger partial charge is 0.104 e. The summed E-state index contributed by atoms with van der Waals surface area (Å²) in [6, 6.07) is 0. The molecule has 0 saturated carbocycles. The Morgan fingerprint density at radius 2 is 2.18 bits per heavy atom. The third-order valence-electron chi connectivity index (χ3n) is 1.85. The SMILES string of the molecule is CCCCCCOC[C@H]1CO1. The highest BCUT2D eigenvalue weighted by Crippen LogP contribution is 2.08. The molecule has 2 nitrogen and oxygen atoms in total. The third kappa shape index (κ3) is 5.22. The molecule has 0 aromatic heterocycles. The standard InChI is InChI=1S/C9H18O2/c1-2-3-4-5-6-10-7-9-8-11-9/h9H,2-8H2,1H3/t9-/m0/s1. The molecule has 0 bridgehead atoms. The van der Waals surface area contributed by atoms with Gasteiger partial charge in [0, 0.05) is 6.61 Å². The van der Waals surface area contributed by atoms with Gasteiger partial charge in [0.25, 0.3) is 0 Å². The maximum absolute atomic E-state index is 5.38. The van der Waals surface area contributed by atoms with Gasteiger partial charge in [-0.3, -0.25) is 0 Å². The van der Waals surface area contributed by atoms with Gasteiger partial charge in [-0.05, 0) is 6.42 Å². The Bertz CT molecular complexity index is 89.6. The zero-order valence-corrected chi connectivity index (χ0v) is 7.34. The normalized spacial score (nSPS) is 22.1. The van der Waals surface area contributed by atoms with Crippen LogP contribution in [0.25, 0.3) is 0 Å². The minimum absolute atomic E-state index is 0.432. The second-order valence-corrected chi connectivity index (χ2v) is 3.09. The first-order valence-corrected chi connectivity index (χ1v) is 4.63. The van der Waals surface area contributed by atoms with Crippen molar-refractivity contribution < 1.29 is 9.47 Å². The van der Waals surface area contributed by atoms with Crippen LogP contribution in [0.3, 0.4) is 0 Å². The van der Waals surface area contributed by atoms with Crippen LogP contribution in [-0.4, -0.2) is 25.9 Å². The molecule has 66 valence electrons. The minimum atomic E-state index is 0.432. The summed E-state index contributed by atoms with van der Waals surface area (Å²) in [7, 11) is 0. The third-order valence-corrected chi connectivity index (χ3v) is 1.85. The highest BCUT2D eigenvalue weighted by molar-refractivity contribution is 4.66. The molecule has 11 heavy (non-hydrogen) atoms. The van der Waals surface area contributed by atoms with E-state index in [0.29, 0.717) is 6.10 Å². The van der Waals surface area contributed by atoms with Crippen LogP contribution in [0.4, 0.5) is 0 Å². The summed E-state index contributed by atoms with van der Waals surface area (Å²) >= 11 is 0. The van der Waals surface area contributed by atoms with Crippen molar-refractivity contribution in [3.8, 4) is 0 Å². The van der Waals surface area contributed by atoms with E-state index in [9.17, 15) is 0 Å². The average Bonchev–Trinajstić information content (AvgIpc) is 2.80. The van der Waals surface area contributed by atoms with Crippen LogP contribution < -0.4 is 0 Å². The number of ether oxygens (including phenoxy) is 2. The van der Waals surface area contributed by atoms with Crippen molar-refractivity contribution in [2.24, 2.45) is 0 Å². The van der Waals surface area contributed by atoms with E-state index in [-0.39, 0.29) is 0 Å². The molecule has 1 rings (SSSR count). The van der Waals surface area contributed by atoms with Gasteiger partial charge in [0.15, 0.2) is 0 Å². The van der Waals surface area contributed by atoms with Crippen LogP contribution in [-0.2, 0) is 9.47 Å². The predicted molar refractivity (Wildman–Crippen MR) is 44.7 cm³/mol. The van der Waals surface area contributed by atoms with E-state index >= 15 is 0 Å². The lowest BCUT2D eigenvalue weighted by molar-refractivity contribution is 0.113. The quantitative estimate of drug-likeness (QED) is 0.417. The van der Waals surface area contributed by atoms with Crippen LogP contribution in [0.1, 0.15) is 32.6 Å². The second-order valence-electron chi connectivity index (χ2n) is 3.09. The first-order valence-electron chi connectivity index (χ1n) is 4.63. The molecular formula is C9H18O2. The first kappa shape index (κ1) is 9.01. The van der Waals surface area contributed by atoms with E-state index in [4.69, 9.17) is 9.47 Å². The fraction of sp³-hybridized carbons (Fsp3) is 1.00. The number of hydrogen-bond donors (Lipinski definition) is 0. The van der Waals surface area contributed by atoms with Gasteiger partial charge in [0.1, 0.15) is 6.10 Å². The average molecular weight is 158 g/mol. The van der Waals surface area contributed by atoms with Crippen molar-refractivity contribution in [3.05, 3.63) is 0 Å². The van der Waals surface area contributed by atoms with Crippen molar-refractivity contribution in [1.82, 2.24) is 0 Å². The van der Waals surface area contributed by atoms with E-state index in [2.05, 4.69) is 6.92 Å². The molecule has 0 amide bonds. The fourth-order valence-corrected chi connectivity index (χ4v) is 1.01. The topological polar surface area (TPSA) is 21.8 Å². The summed E-state index contributed by atoms with van der Waals surface area (Å²) in [6.07, 6.45) is 5.58. The molecule has 0 aromatic rings. The molecule has 1 fully saturated rings. The van der Waals surface area contributed by atoms with E-state index in [1.54, 1.807) is 0 Å². The van der Waals surface area contributed by atoms with Crippen LogP contribution >= 0.6 is 0 Å². The van der Waals surface area contributed by atoms with Gasteiger partial charge < -0.3 is 9.47 Å².